The van der Waals surface area contributed by atoms with E-state index < -0.39 is 23.7 Å². The van der Waals surface area contributed by atoms with E-state index in [2.05, 4.69) is 22.5 Å². The number of aromatic nitrogens is 4. The summed E-state index contributed by atoms with van der Waals surface area (Å²) in [7, 11) is 0. The summed E-state index contributed by atoms with van der Waals surface area (Å²) >= 11 is 1.48. The predicted molar refractivity (Wildman–Crippen MR) is 144 cm³/mol. The smallest absolute Gasteiger partial charge is 0.250 e. The number of anilines is 2. The lowest BCUT2D eigenvalue weighted by Gasteiger charge is -2.33. The van der Waals surface area contributed by atoms with Crippen molar-refractivity contribution in [3.05, 3.63) is 23.7 Å². The molecule has 4 atom stereocenters. The number of pyridine rings is 1. The van der Waals surface area contributed by atoms with Crippen LogP contribution in [0, 0.1) is 18.8 Å². The van der Waals surface area contributed by atoms with Crippen molar-refractivity contribution in [3.63, 3.8) is 0 Å². The summed E-state index contributed by atoms with van der Waals surface area (Å²) in [5.74, 6) is -2.87. The fraction of sp³-hybridized carbons (Fsp3) is 0.630. The van der Waals surface area contributed by atoms with Crippen LogP contribution < -0.4 is 10.6 Å². The van der Waals surface area contributed by atoms with Gasteiger partial charge in [-0.15, -0.1) is 11.3 Å². The van der Waals surface area contributed by atoms with E-state index >= 15 is 0 Å². The van der Waals surface area contributed by atoms with Gasteiger partial charge in [0.25, 0.3) is 5.92 Å². The average Bonchev–Trinajstić information content (AvgIpc) is 3.47. The van der Waals surface area contributed by atoms with Crippen molar-refractivity contribution in [3.8, 4) is 10.6 Å². The third-order valence-electron chi connectivity index (χ3n) is 8.51. The van der Waals surface area contributed by atoms with Crippen molar-refractivity contribution in [2.24, 2.45) is 11.8 Å². The summed E-state index contributed by atoms with van der Waals surface area (Å²) in [5.41, 5.74) is 1.10. The van der Waals surface area contributed by atoms with E-state index in [9.17, 15) is 19.0 Å². The largest absolute Gasteiger partial charge is 0.388 e. The lowest BCUT2D eigenvalue weighted by atomic mass is 9.80. The Bertz CT molecular complexity index is 1360. The Morgan fingerprint density at radius 2 is 1.92 bits per heavy atom. The van der Waals surface area contributed by atoms with Gasteiger partial charge in [-0.3, -0.25) is 4.98 Å². The number of hydrogen-bond donors (Lipinski definition) is 4. The van der Waals surface area contributed by atoms with Crippen LogP contribution in [0.2, 0.25) is 0 Å². The van der Waals surface area contributed by atoms with Gasteiger partial charge in [0.2, 0.25) is 5.95 Å². The molecule has 0 amide bonds. The van der Waals surface area contributed by atoms with Gasteiger partial charge < -0.3 is 20.8 Å². The van der Waals surface area contributed by atoms with E-state index in [1.807, 2.05) is 13.0 Å². The van der Waals surface area contributed by atoms with Crippen LogP contribution in [0.4, 0.5) is 20.5 Å². The van der Waals surface area contributed by atoms with E-state index in [-0.39, 0.29) is 24.7 Å². The van der Waals surface area contributed by atoms with Gasteiger partial charge in [0, 0.05) is 18.2 Å². The van der Waals surface area contributed by atoms with Crippen molar-refractivity contribution in [2.75, 3.05) is 10.6 Å². The van der Waals surface area contributed by atoms with Crippen LogP contribution in [-0.2, 0) is 0 Å². The maximum absolute atomic E-state index is 14.2. The minimum absolute atomic E-state index is 0.0189. The first-order valence-corrected chi connectivity index (χ1v) is 14.3. The second kappa shape index (κ2) is 9.31. The fourth-order valence-electron chi connectivity index (χ4n) is 5.77. The highest BCUT2D eigenvalue weighted by molar-refractivity contribution is 7.21. The molecule has 38 heavy (non-hydrogen) atoms. The summed E-state index contributed by atoms with van der Waals surface area (Å²) in [6, 6.07) is 2.10. The summed E-state index contributed by atoms with van der Waals surface area (Å²) in [6.07, 6.45) is 5.79. The molecule has 3 fully saturated rings. The molecular formula is C27H34F2N6O2S. The molecule has 11 heteroatoms. The number of rotatable bonds is 8. The predicted octanol–water partition coefficient (Wildman–Crippen LogP) is 5.46. The van der Waals surface area contributed by atoms with Crippen LogP contribution in [-0.4, -0.2) is 53.9 Å². The molecule has 6 rings (SSSR count). The number of nitrogens with one attached hydrogen (secondary N) is 2. The minimum Gasteiger partial charge on any atom is -0.388 e. The lowest BCUT2D eigenvalue weighted by molar-refractivity contribution is -0.117. The van der Waals surface area contributed by atoms with Gasteiger partial charge >= 0.3 is 0 Å². The Balaban J connectivity index is 1.41. The van der Waals surface area contributed by atoms with E-state index in [0.29, 0.717) is 34.0 Å². The van der Waals surface area contributed by atoms with Gasteiger partial charge in [-0.2, -0.15) is 4.98 Å². The molecule has 0 bridgehead atoms. The molecule has 0 radical (unpaired) electrons. The Kier molecular flexibility index (Phi) is 6.31. The fourth-order valence-corrected chi connectivity index (χ4v) is 6.84. The zero-order chi connectivity index (χ0) is 26.8. The van der Waals surface area contributed by atoms with Crippen molar-refractivity contribution >= 4 is 33.3 Å². The van der Waals surface area contributed by atoms with Crippen LogP contribution in [0.15, 0.2) is 12.3 Å². The SMILES string of the molecule is Cc1nc(N[C@H](C)C2CCC2)nc(N[C@]2(O)CC[C@H](C(C)(F)F)[C@H]2O)c1-c1nc2c(C3CC3)nccc2s1. The molecule has 0 saturated heterocycles. The van der Waals surface area contributed by atoms with E-state index in [1.54, 1.807) is 6.20 Å². The first-order chi connectivity index (χ1) is 18.0. The number of nitrogens with zero attached hydrogens (tertiary/aromatic N) is 4. The molecule has 0 aromatic carbocycles. The van der Waals surface area contributed by atoms with Crippen LogP contribution in [0.5, 0.6) is 0 Å². The number of hydrogen-bond acceptors (Lipinski definition) is 9. The van der Waals surface area contributed by atoms with Gasteiger partial charge in [-0.25, -0.2) is 18.7 Å². The number of halogens is 2. The van der Waals surface area contributed by atoms with Crippen molar-refractivity contribution < 1.29 is 19.0 Å². The molecule has 3 heterocycles. The average molecular weight is 545 g/mol. The lowest BCUT2D eigenvalue weighted by Crippen LogP contribution is -2.50. The van der Waals surface area contributed by atoms with Crippen LogP contribution in [0.1, 0.15) is 76.1 Å². The Labute approximate surface area is 224 Å². The maximum Gasteiger partial charge on any atom is 0.250 e. The van der Waals surface area contributed by atoms with Gasteiger partial charge in [0.05, 0.1) is 27.6 Å². The monoisotopic (exact) mass is 544 g/mol. The Hall–Kier alpha value is -2.50. The van der Waals surface area contributed by atoms with E-state index in [1.165, 1.54) is 17.8 Å². The second-order valence-electron chi connectivity index (χ2n) is 11.4. The number of thiazole rings is 1. The number of alkyl halides is 2. The molecule has 3 aliphatic carbocycles. The van der Waals surface area contributed by atoms with Crippen LogP contribution >= 0.6 is 11.3 Å². The first kappa shape index (κ1) is 25.8. The molecule has 0 aliphatic heterocycles. The van der Waals surface area contributed by atoms with Gasteiger partial charge in [0.15, 0.2) is 5.72 Å². The molecule has 3 aliphatic rings. The third kappa shape index (κ3) is 4.62. The number of aryl methyl sites for hydroxylation is 1. The summed E-state index contributed by atoms with van der Waals surface area (Å²) < 4.78 is 29.3. The highest BCUT2D eigenvalue weighted by atomic mass is 32.1. The maximum atomic E-state index is 14.2. The van der Waals surface area contributed by atoms with Gasteiger partial charge in [-0.05, 0) is 71.3 Å². The van der Waals surface area contributed by atoms with Crippen molar-refractivity contribution in [2.45, 2.75) is 95.4 Å². The number of fused-ring (bicyclic) bond motifs is 1. The number of aliphatic hydroxyl groups is 2. The first-order valence-electron chi connectivity index (χ1n) is 13.5. The van der Waals surface area contributed by atoms with E-state index in [0.717, 1.165) is 48.5 Å². The molecule has 204 valence electrons. The molecule has 0 unspecified atom stereocenters. The topological polar surface area (TPSA) is 116 Å². The highest BCUT2D eigenvalue weighted by Gasteiger charge is 2.55. The van der Waals surface area contributed by atoms with Crippen LogP contribution in [0.25, 0.3) is 20.8 Å². The third-order valence-corrected chi connectivity index (χ3v) is 9.55. The standard InChI is InChI=1S/C27H34F2N6O2S/c1-13(15-5-4-6-15)31-25-32-14(2)19(24-33-21-18(38-24)10-12-30-20(21)16-7-8-16)23(34-25)35-27(37)11-9-17(22(27)36)26(3,28)29/h10,12-13,15-17,22,36-37H,4-9,11H2,1-3H3,(H2,31,32,34,35)/t13-,17+,22-,27+/m1/s1. The van der Waals surface area contributed by atoms with Crippen LogP contribution in [0.3, 0.4) is 0 Å². The Morgan fingerprint density at radius 1 is 1.16 bits per heavy atom. The van der Waals surface area contributed by atoms with Gasteiger partial charge in [0.1, 0.15) is 22.4 Å². The molecule has 3 aromatic rings. The highest BCUT2D eigenvalue weighted by Crippen LogP contribution is 2.47. The zero-order valence-electron chi connectivity index (χ0n) is 21.8. The minimum atomic E-state index is -3.12. The summed E-state index contributed by atoms with van der Waals surface area (Å²) in [6.45, 7) is 4.74. The van der Waals surface area contributed by atoms with Crippen molar-refractivity contribution in [1.29, 1.82) is 0 Å². The van der Waals surface area contributed by atoms with E-state index in [4.69, 9.17) is 15.0 Å². The second-order valence-corrected chi connectivity index (χ2v) is 12.4. The summed E-state index contributed by atoms with van der Waals surface area (Å²) in [5, 5.41) is 29.2. The zero-order valence-corrected chi connectivity index (χ0v) is 22.7. The number of aliphatic hydroxyl groups excluding tert-OH is 1. The molecular weight excluding hydrogens is 510 g/mol. The van der Waals surface area contributed by atoms with Gasteiger partial charge in [-0.1, -0.05) is 6.42 Å². The quantitative estimate of drug-likeness (QED) is 0.276. The normalized spacial score (nSPS) is 26.9. The molecule has 3 saturated carbocycles. The molecule has 4 N–H and O–H groups in total. The summed E-state index contributed by atoms with van der Waals surface area (Å²) in [4.78, 5) is 19.0. The van der Waals surface area contributed by atoms with Crippen molar-refractivity contribution in [1.82, 2.24) is 19.9 Å². The molecule has 8 nitrogen and oxygen atoms in total. The molecule has 3 aromatic heterocycles. The molecule has 0 spiro atoms. The Morgan fingerprint density at radius 3 is 2.55 bits per heavy atom.